The van der Waals surface area contributed by atoms with Crippen molar-refractivity contribution in [2.45, 2.75) is 38.3 Å². The van der Waals surface area contributed by atoms with Crippen LogP contribution in [-0.2, 0) is 17.7 Å². The lowest BCUT2D eigenvalue weighted by molar-refractivity contribution is 0.0446. The molecule has 1 fully saturated rings. The highest BCUT2D eigenvalue weighted by atomic mass is 16.5. The third-order valence-electron chi connectivity index (χ3n) is 4.07. The molecule has 98 valence electrons. The van der Waals surface area contributed by atoms with Crippen LogP contribution < -0.4 is 10.1 Å². The van der Waals surface area contributed by atoms with Crippen LogP contribution in [0.1, 0.15) is 30.9 Å². The molecular formula is C15H21NO2. The Labute approximate surface area is 108 Å². The normalized spacial score (nSPS) is 21.4. The van der Waals surface area contributed by atoms with Crippen molar-refractivity contribution >= 4 is 0 Å². The minimum atomic E-state index is 0.230. The summed E-state index contributed by atoms with van der Waals surface area (Å²) in [4.78, 5) is 0. The van der Waals surface area contributed by atoms with Crippen molar-refractivity contribution in [2.75, 3.05) is 19.8 Å². The van der Waals surface area contributed by atoms with E-state index in [9.17, 15) is 0 Å². The summed E-state index contributed by atoms with van der Waals surface area (Å²) in [5, 5.41) is 3.68. The van der Waals surface area contributed by atoms with Crippen LogP contribution in [0, 0.1) is 0 Å². The Morgan fingerprint density at radius 1 is 1.22 bits per heavy atom. The molecule has 0 bridgehead atoms. The standard InChI is InChI=1S/C15H21NO2/c1-15(5-8-17-9-6-15)16-11-12-2-3-14-13(10-12)4-7-18-14/h2-3,10,16H,4-9,11H2,1H3. The van der Waals surface area contributed by atoms with Gasteiger partial charge in [-0.15, -0.1) is 0 Å². The van der Waals surface area contributed by atoms with Gasteiger partial charge in [0.1, 0.15) is 5.75 Å². The topological polar surface area (TPSA) is 30.5 Å². The van der Waals surface area contributed by atoms with Gasteiger partial charge in [0.2, 0.25) is 0 Å². The van der Waals surface area contributed by atoms with Gasteiger partial charge >= 0.3 is 0 Å². The van der Waals surface area contributed by atoms with Crippen molar-refractivity contribution in [1.29, 1.82) is 0 Å². The number of hydrogen-bond acceptors (Lipinski definition) is 3. The van der Waals surface area contributed by atoms with Gasteiger partial charge in [0.25, 0.3) is 0 Å². The third-order valence-corrected chi connectivity index (χ3v) is 4.07. The molecule has 0 radical (unpaired) electrons. The van der Waals surface area contributed by atoms with Crippen molar-refractivity contribution in [2.24, 2.45) is 0 Å². The fraction of sp³-hybridized carbons (Fsp3) is 0.600. The van der Waals surface area contributed by atoms with E-state index in [0.717, 1.165) is 51.4 Å². The monoisotopic (exact) mass is 247 g/mol. The minimum absolute atomic E-state index is 0.230. The van der Waals surface area contributed by atoms with E-state index in [2.05, 4.69) is 30.4 Å². The van der Waals surface area contributed by atoms with Crippen LogP contribution in [0.4, 0.5) is 0 Å². The number of fused-ring (bicyclic) bond motifs is 1. The zero-order valence-electron chi connectivity index (χ0n) is 11.0. The van der Waals surface area contributed by atoms with Crippen LogP contribution in [0.15, 0.2) is 18.2 Å². The van der Waals surface area contributed by atoms with E-state index in [4.69, 9.17) is 9.47 Å². The Morgan fingerprint density at radius 2 is 2.06 bits per heavy atom. The molecule has 0 aromatic heterocycles. The van der Waals surface area contributed by atoms with Crippen LogP contribution >= 0.6 is 0 Å². The zero-order chi connectivity index (χ0) is 12.4. The summed E-state index contributed by atoms with van der Waals surface area (Å²) in [6.45, 7) is 5.82. The Morgan fingerprint density at radius 3 is 2.89 bits per heavy atom. The van der Waals surface area contributed by atoms with E-state index in [1.165, 1.54) is 11.1 Å². The van der Waals surface area contributed by atoms with Crippen molar-refractivity contribution in [3.05, 3.63) is 29.3 Å². The Kier molecular flexibility index (Phi) is 3.27. The van der Waals surface area contributed by atoms with Crippen molar-refractivity contribution < 1.29 is 9.47 Å². The molecular weight excluding hydrogens is 226 g/mol. The highest BCUT2D eigenvalue weighted by molar-refractivity contribution is 5.39. The number of rotatable bonds is 3. The Hall–Kier alpha value is -1.06. The van der Waals surface area contributed by atoms with Crippen molar-refractivity contribution in [3.63, 3.8) is 0 Å². The molecule has 3 nitrogen and oxygen atoms in total. The Balaban J connectivity index is 1.62. The average Bonchev–Trinajstić information content (AvgIpc) is 2.85. The van der Waals surface area contributed by atoms with Gasteiger partial charge in [-0.1, -0.05) is 12.1 Å². The van der Waals surface area contributed by atoms with E-state index in [1.54, 1.807) is 0 Å². The van der Waals surface area contributed by atoms with Crippen molar-refractivity contribution in [3.8, 4) is 5.75 Å². The summed E-state index contributed by atoms with van der Waals surface area (Å²) in [5.41, 5.74) is 2.94. The van der Waals surface area contributed by atoms with Gasteiger partial charge in [0.15, 0.2) is 0 Å². The summed E-state index contributed by atoms with van der Waals surface area (Å²) >= 11 is 0. The fourth-order valence-electron chi connectivity index (χ4n) is 2.66. The minimum Gasteiger partial charge on any atom is -0.493 e. The summed E-state index contributed by atoms with van der Waals surface area (Å²) < 4.78 is 11.0. The molecule has 1 N–H and O–H groups in total. The number of nitrogens with one attached hydrogen (secondary N) is 1. The molecule has 0 atom stereocenters. The molecule has 0 unspecified atom stereocenters. The summed E-state index contributed by atoms with van der Waals surface area (Å²) in [6, 6.07) is 6.55. The lowest BCUT2D eigenvalue weighted by Gasteiger charge is -2.34. The van der Waals surface area contributed by atoms with Gasteiger partial charge in [0.05, 0.1) is 6.61 Å². The second kappa shape index (κ2) is 4.90. The van der Waals surface area contributed by atoms with E-state index in [-0.39, 0.29) is 5.54 Å². The maximum Gasteiger partial charge on any atom is 0.122 e. The number of ether oxygens (including phenoxy) is 2. The predicted octanol–water partition coefficient (Wildman–Crippen LogP) is 2.28. The maximum absolute atomic E-state index is 5.53. The first kappa shape index (κ1) is 12.0. The molecule has 1 aromatic rings. The first-order valence-electron chi connectivity index (χ1n) is 6.83. The van der Waals surface area contributed by atoms with Crippen LogP contribution in [0.5, 0.6) is 5.75 Å². The van der Waals surface area contributed by atoms with E-state index >= 15 is 0 Å². The number of benzene rings is 1. The fourth-order valence-corrected chi connectivity index (χ4v) is 2.66. The van der Waals surface area contributed by atoms with E-state index in [1.807, 2.05) is 0 Å². The molecule has 1 saturated heterocycles. The molecule has 3 rings (SSSR count). The van der Waals surface area contributed by atoms with Crippen LogP contribution in [0.3, 0.4) is 0 Å². The van der Waals surface area contributed by atoms with Gasteiger partial charge < -0.3 is 14.8 Å². The van der Waals surface area contributed by atoms with Crippen molar-refractivity contribution in [1.82, 2.24) is 5.32 Å². The first-order valence-corrected chi connectivity index (χ1v) is 6.83. The van der Waals surface area contributed by atoms with Crippen LogP contribution in [0.25, 0.3) is 0 Å². The second-order valence-corrected chi connectivity index (χ2v) is 5.57. The molecule has 0 amide bonds. The Bertz CT molecular complexity index is 425. The highest BCUT2D eigenvalue weighted by Gasteiger charge is 2.26. The molecule has 0 aliphatic carbocycles. The lowest BCUT2D eigenvalue weighted by Crippen LogP contribution is -2.46. The van der Waals surface area contributed by atoms with Gasteiger partial charge in [-0.05, 0) is 37.0 Å². The SMILES string of the molecule is CC1(NCc2ccc3c(c2)CCO3)CCOCC1. The summed E-state index contributed by atoms with van der Waals surface area (Å²) in [5.74, 6) is 1.07. The molecule has 18 heavy (non-hydrogen) atoms. The lowest BCUT2D eigenvalue weighted by atomic mass is 9.92. The van der Waals surface area contributed by atoms with Crippen LogP contribution in [0.2, 0.25) is 0 Å². The summed E-state index contributed by atoms with van der Waals surface area (Å²) in [6.07, 6.45) is 3.25. The number of hydrogen-bond donors (Lipinski definition) is 1. The molecule has 2 aliphatic heterocycles. The largest absolute Gasteiger partial charge is 0.493 e. The van der Waals surface area contributed by atoms with Gasteiger partial charge in [0, 0.05) is 31.7 Å². The van der Waals surface area contributed by atoms with Gasteiger partial charge in [-0.3, -0.25) is 0 Å². The second-order valence-electron chi connectivity index (χ2n) is 5.57. The van der Waals surface area contributed by atoms with E-state index in [0.29, 0.717) is 0 Å². The van der Waals surface area contributed by atoms with Gasteiger partial charge in [-0.25, -0.2) is 0 Å². The van der Waals surface area contributed by atoms with E-state index < -0.39 is 0 Å². The smallest absolute Gasteiger partial charge is 0.122 e. The summed E-state index contributed by atoms with van der Waals surface area (Å²) in [7, 11) is 0. The quantitative estimate of drug-likeness (QED) is 0.889. The van der Waals surface area contributed by atoms with Gasteiger partial charge in [-0.2, -0.15) is 0 Å². The first-order chi connectivity index (χ1) is 8.75. The average molecular weight is 247 g/mol. The molecule has 2 heterocycles. The molecule has 2 aliphatic rings. The molecule has 0 spiro atoms. The molecule has 1 aromatic carbocycles. The molecule has 3 heteroatoms. The third kappa shape index (κ3) is 2.52. The predicted molar refractivity (Wildman–Crippen MR) is 70.9 cm³/mol. The zero-order valence-corrected chi connectivity index (χ0v) is 11.0. The molecule has 0 saturated carbocycles. The highest BCUT2D eigenvalue weighted by Crippen LogP contribution is 2.26. The van der Waals surface area contributed by atoms with Crippen LogP contribution in [-0.4, -0.2) is 25.4 Å². The maximum atomic E-state index is 5.53.